The Bertz CT molecular complexity index is 942. The third-order valence-electron chi connectivity index (χ3n) is 4.16. The summed E-state index contributed by atoms with van der Waals surface area (Å²) in [6.07, 6.45) is 1.67. The first-order valence-corrected chi connectivity index (χ1v) is 9.62. The van der Waals surface area contributed by atoms with E-state index in [2.05, 4.69) is 27.2 Å². The van der Waals surface area contributed by atoms with Gasteiger partial charge in [0.15, 0.2) is 5.16 Å². The minimum Gasteiger partial charge on any atom is -0.465 e. The number of hydrogen-bond acceptors (Lipinski definition) is 6. The number of ether oxygens (including phenoxy) is 1. The maximum atomic E-state index is 12.3. The Hall–Kier alpha value is -3.13. The number of amides is 1. The smallest absolute Gasteiger partial charge is 0.337 e. The van der Waals surface area contributed by atoms with E-state index >= 15 is 0 Å². The van der Waals surface area contributed by atoms with Gasteiger partial charge in [-0.05, 0) is 36.8 Å². The van der Waals surface area contributed by atoms with Crippen LogP contribution in [0.15, 0.2) is 66.1 Å². The fraction of sp³-hybridized carbons (Fsp3) is 0.200. The van der Waals surface area contributed by atoms with Crippen molar-refractivity contribution in [1.82, 2.24) is 14.8 Å². The normalized spacial score (nSPS) is 11.6. The van der Waals surface area contributed by atoms with Gasteiger partial charge in [0.2, 0.25) is 5.91 Å². The van der Waals surface area contributed by atoms with Gasteiger partial charge < -0.3 is 14.6 Å². The SMILES string of the molecule is COC(=O)c1ccc(NC(=O)CSc2nncn2[C@H](C)c2ccccc2)cc1. The van der Waals surface area contributed by atoms with Gasteiger partial charge in [-0.25, -0.2) is 4.79 Å². The molecule has 144 valence electrons. The molecule has 0 aliphatic rings. The van der Waals surface area contributed by atoms with Crippen LogP contribution < -0.4 is 5.32 Å². The zero-order valence-electron chi connectivity index (χ0n) is 15.5. The highest BCUT2D eigenvalue weighted by molar-refractivity contribution is 7.99. The molecule has 3 rings (SSSR count). The van der Waals surface area contributed by atoms with Crippen LogP contribution in [0.4, 0.5) is 5.69 Å². The quantitative estimate of drug-likeness (QED) is 0.487. The van der Waals surface area contributed by atoms with E-state index in [0.717, 1.165) is 5.56 Å². The molecule has 0 unspecified atom stereocenters. The molecule has 7 nitrogen and oxygen atoms in total. The number of hydrogen-bond donors (Lipinski definition) is 1. The first-order valence-electron chi connectivity index (χ1n) is 8.64. The molecule has 1 aromatic heterocycles. The average molecular weight is 396 g/mol. The van der Waals surface area contributed by atoms with Crippen LogP contribution >= 0.6 is 11.8 Å². The summed E-state index contributed by atoms with van der Waals surface area (Å²) in [6.45, 7) is 2.06. The van der Waals surface area contributed by atoms with Crippen molar-refractivity contribution in [3.8, 4) is 0 Å². The maximum Gasteiger partial charge on any atom is 0.337 e. The predicted octanol–water partition coefficient (Wildman–Crippen LogP) is 3.40. The lowest BCUT2D eigenvalue weighted by Gasteiger charge is -2.15. The predicted molar refractivity (Wildman–Crippen MR) is 107 cm³/mol. The number of carbonyl (C=O) groups excluding carboxylic acids is 2. The van der Waals surface area contributed by atoms with Gasteiger partial charge >= 0.3 is 5.97 Å². The summed E-state index contributed by atoms with van der Waals surface area (Å²) < 4.78 is 6.60. The highest BCUT2D eigenvalue weighted by Crippen LogP contribution is 2.24. The molecule has 0 saturated carbocycles. The van der Waals surface area contributed by atoms with E-state index in [-0.39, 0.29) is 17.7 Å². The van der Waals surface area contributed by atoms with Crippen LogP contribution in [-0.2, 0) is 9.53 Å². The van der Waals surface area contributed by atoms with Gasteiger partial charge in [0.1, 0.15) is 6.33 Å². The fourth-order valence-electron chi connectivity index (χ4n) is 2.63. The van der Waals surface area contributed by atoms with E-state index in [1.807, 2.05) is 34.9 Å². The lowest BCUT2D eigenvalue weighted by molar-refractivity contribution is -0.113. The van der Waals surface area contributed by atoms with Gasteiger partial charge in [-0.15, -0.1) is 10.2 Å². The Morgan fingerprint density at radius 1 is 1.14 bits per heavy atom. The number of methoxy groups -OCH3 is 1. The lowest BCUT2D eigenvalue weighted by Crippen LogP contribution is -2.15. The monoisotopic (exact) mass is 396 g/mol. The van der Waals surface area contributed by atoms with Crippen molar-refractivity contribution < 1.29 is 14.3 Å². The van der Waals surface area contributed by atoms with Crippen LogP contribution in [0.5, 0.6) is 0 Å². The summed E-state index contributed by atoms with van der Waals surface area (Å²) in [4.78, 5) is 23.7. The van der Waals surface area contributed by atoms with Crippen LogP contribution in [0.25, 0.3) is 0 Å². The molecule has 8 heteroatoms. The molecule has 1 N–H and O–H groups in total. The Morgan fingerprint density at radius 3 is 2.54 bits per heavy atom. The third-order valence-corrected chi connectivity index (χ3v) is 5.12. The van der Waals surface area contributed by atoms with Crippen molar-refractivity contribution >= 4 is 29.3 Å². The van der Waals surface area contributed by atoms with Crippen molar-refractivity contribution in [2.75, 3.05) is 18.2 Å². The number of thioether (sulfide) groups is 1. The van der Waals surface area contributed by atoms with Crippen LogP contribution in [-0.4, -0.2) is 39.5 Å². The van der Waals surface area contributed by atoms with Gasteiger partial charge in [-0.1, -0.05) is 42.1 Å². The second kappa shape index (κ2) is 9.18. The summed E-state index contributed by atoms with van der Waals surface area (Å²) in [7, 11) is 1.33. The van der Waals surface area contributed by atoms with Gasteiger partial charge in [0.25, 0.3) is 0 Å². The van der Waals surface area contributed by atoms with Crippen molar-refractivity contribution in [3.63, 3.8) is 0 Å². The molecule has 3 aromatic rings. The summed E-state index contributed by atoms with van der Waals surface area (Å²) in [5, 5.41) is 11.6. The Labute approximate surface area is 167 Å². The van der Waals surface area contributed by atoms with E-state index in [1.165, 1.54) is 18.9 Å². The van der Waals surface area contributed by atoms with Gasteiger partial charge in [0.05, 0.1) is 24.5 Å². The molecule has 0 aliphatic carbocycles. The molecule has 0 saturated heterocycles. The molecule has 2 aromatic carbocycles. The molecule has 0 radical (unpaired) electrons. The number of nitrogens with one attached hydrogen (secondary N) is 1. The number of esters is 1. The second-order valence-electron chi connectivity index (χ2n) is 6.01. The van der Waals surface area contributed by atoms with Gasteiger partial charge in [-0.3, -0.25) is 4.79 Å². The molecule has 0 aliphatic heterocycles. The van der Waals surface area contributed by atoms with Crippen LogP contribution in [0.1, 0.15) is 28.9 Å². The van der Waals surface area contributed by atoms with E-state index < -0.39 is 5.97 Å². The molecule has 28 heavy (non-hydrogen) atoms. The summed E-state index contributed by atoms with van der Waals surface area (Å²) in [5.41, 5.74) is 2.18. The average Bonchev–Trinajstić information content (AvgIpc) is 3.21. The summed E-state index contributed by atoms with van der Waals surface area (Å²) in [6, 6.07) is 16.6. The molecule has 1 amide bonds. The molecule has 1 heterocycles. The number of carbonyl (C=O) groups is 2. The topological polar surface area (TPSA) is 86.1 Å². The van der Waals surface area contributed by atoms with Gasteiger partial charge in [0, 0.05) is 5.69 Å². The zero-order chi connectivity index (χ0) is 19.9. The molecule has 0 bridgehead atoms. The fourth-order valence-corrected chi connectivity index (χ4v) is 3.42. The molecule has 0 fully saturated rings. The van der Waals surface area contributed by atoms with Crippen LogP contribution in [0, 0.1) is 0 Å². The Balaban J connectivity index is 1.58. The van der Waals surface area contributed by atoms with Crippen LogP contribution in [0.2, 0.25) is 0 Å². The zero-order valence-corrected chi connectivity index (χ0v) is 16.3. The Kier molecular flexibility index (Phi) is 6.44. The van der Waals surface area contributed by atoms with Gasteiger partial charge in [-0.2, -0.15) is 0 Å². The first kappa shape index (κ1) is 19.6. The van der Waals surface area contributed by atoms with E-state index in [4.69, 9.17) is 0 Å². The van der Waals surface area contributed by atoms with E-state index in [9.17, 15) is 9.59 Å². The van der Waals surface area contributed by atoms with E-state index in [0.29, 0.717) is 16.4 Å². The van der Waals surface area contributed by atoms with Crippen molar-refractivity contribution in [3.05, 3.63) is 72.1 Å². The summed E-state index contributed by atoms with van der Waals surface area (Å²) in [5.74, 6) is -0.392. The highest BCUT2D eigenvalue weighted by atomic mass is 32.2. The number of nitrogens with zero attached hydrogens (tertiary/aromatic N) is 3. The minimum absolute atomic E-state index is 0.0626. The number of benzene rings is 2. The Morgan fingerprint density at radius 2 is 1.86 bits per heavy atom. The second-order valence-corrected chi connectivity index (χ2v) is 6.96. The highest BCUT2D eigenvalue weighted by Gasteiger charge is 2.15. The third kappa shape index (κ3) is 4.77. The molecular formula is C20H20N4O3S. The first-order chi connectivity index (χ1) is 13.6. The maximum absolute atomic E-state index is 12.3. The van der Waals surface area contributed by atoms with Crippen LogP contribution in [0.3, 0.4) is 0 Å². The van der Waals surface area contributed by atoms with E-state index in [1.54, 1.807) is 30.6 Å². The van der Waals surface area contributed by atoms with Crippen molar-refractivity contribution in [2.24, 2.45) is 0 Å². The molecular weight excluding hydrogens is 376 g/mol. The van der Waals surface area contributed by atoms with Crippen molar-refractivity contribution in [1.29, 1.82) is 0 Å². The standard InChI is InChI=1S/C20H20N4O3S/c1-14(15-6-4-3-5-7-15)24-13-21-23-20(24)28-12-18(25)22-17-10-8-16(9-11-17)19(26)27-2/h3-11,13-14H,12H2,1-2H3,(H,22,25)/t14-/m1/s1. The molecule has 1 atom stereocenters. The van der Waals surface area contributed by atoms with Crippen molar-refractivity contribution in [2.45, 2.75) is 18.1 Å². The largest absolute Gasteiger partial charge is 0.465 e. The summed E-state index contributed by atoms with van der Waals surface area (Å²) >= 11 is 1.32. The molecule has 0 spiro atoms. The number of aromatic nitrogens is 3. The number of anilines is 1. The minimum atomic E-state index is -0.416. The lowest BCUT2D eigenvalue weighted by atomic mass is 10.1. The number of rotatable bonds is 7.